The molecule has 0 amide bonds. The molecule has 9 nitrogen and oxygen atoms in total. The van der Waals surface area contributed by atoms with Crippen molar-refractivity contribution in [2.45, 2.75) is 0 Å². The lowest BCUT2D eigenvalue weighted by atomic mass is 10.1. The van der Waals surface area contributed by atoms with E-state index in [4.69, 9.17) is 14.2 Å². The van der Waals surface area contributed by atoms with Crippen LogP contribution in [0, 0.1) is 0 Å². The van der Waals surface area contributed by atoms with E-state index in [9.17, 15) is 9.59 Å². The SMILES string of the molecule is C=CC(=O)OCCOC(=O)c1ccc(-c2nnn(-c3ccc(OC)cc3)n2)cc1. The van der Waals surface area contributed by atoms with Crippen molar-refractivity contribution in [1.29, 1.82) is 0 Å². The molecule has 0 fully saturated rings. The molecule has 29 heavy (non-hydrogen) atoms. The van der Waals surface area contributed by atoms with Crippen molar-refractivity contribution in [3.8, 4) is 22.8 Å². The van der Waals surface area contributed by atoms with Gasteiger partial charge in [0.05, 0.1) is 18.4 Å². The molecule has 0 saturated carbocycles. The minimum atomic E-state index is -0.569. The number of aromatic nitrogens is 4. The standard InChI is InChI=1S/C20H18N4O5/c1-3-18(25)28-12-13-29-20(26)15-6-4-14(5-7-15)19-21-23-24(22-19)16-8-10-17(27-2)11-9-16/h3-11H,1,12-13H2,2H3. The fraction of sp³-hybridized carbons (Fsp3) is 0.150. The van der Waals surface area contributed by atoms with Gasteiger partial charge in [0.25, 0.3) is 0 Å². The molecule has 3 rings (SSSR count). The van der Waals surface area contributed by atoms with Crippen molar-refractivity contribution in [2.75, 3.05) is 20.3 Å². The first kappa shape index (κ1) is 19.7. The molecular weight excluding hydrogens is 376 g/mol. The lowest BCUT2D eigenvalue weighted by Crippen LogP contribution is -2.12. The van der Waals surface area contributed by atoms with Crippen LogP contribution in [0.4, 0.5) is 0 Å². The zero-order valence-corrected chi connectivity index (χ0v) is 15.6. The molecule has 2 aromatic carbocycles. The highest BCUT2D eigenvalue weighted by Crippen LogP contribution is 2.17. The van der Waals surface area contributed by atoms with Crippen LogP contribution in [0.15, 0.2) is 61.2 Å². The quantitative estimate of drug-likeness (QED) is 0.325. The number of nitrogens with zero attached hydrogens (tertiary/aromatic N) is 4. The summed E-state index contributed by atoms with van der Waals surface area (Å²) in [4.78, 5) is 24.3. The molecule has 0 radical (unpaired) electrons. The van der Waals surface area contributed by atoms with Crippen LogP contribution in [0.2, 0.25) is 0 Å². The summed E-state index contributed by atoms with van der Waals surface area (Å²) in [5.74, 6) is 0.0501. The Bertz CT molecular complexity index is 996. The van der Waals surface area contributed by atoms with Crippen molar-refractivity contribution >= 4 is 11.9 Å². The third-order valence-corrected chi connectivity index (χ3v) is 3.82. The van der Waals surface area contributed by atoms with E-state index in [2.05, 4.69) is 22.0 Å². The van der Waals surface area contributed by atoms with Gasteiger partial charge in [0.15, 0.2) is 0 Å². The van der Waals surface area contributed by atoms with E-state index < -0.39 is 11.9 Å². The summed E-state index contributed by atoms with van der Waals surface area (Å²) in [5, 5.41) is 12.4. The maximum atomic E-state index is 12.0. The molecule has 1 heterocycles. The highest BCUT2D eigenvalue weighted by molar-refractivity contribution is 5.90. The van der Waals surface area contributed by atoms with Gasteiger partial charge in [-0.05, 0) is 41.6 Å². The second kappa shape index (κ2) is 9.27. The number of benzene rings is 2. The molecule has 0 aliphatic rings. The normalized spacial score (nSPS) is 10.2. The first-order valence-corrected chi connectivity index (χ1v) is 8.62. The predicted molar refractivity (Wildman–Crippen MR) is 103 cm³/mol. The van der Waals surface area contributed by atoms with Gasteiger partial charge >= 0.3 is 11.9 Å². The largest absolute Gasteiger partial charge is 0.497 e. The van der Waals surface area contributed by atoms with Gasteiger partial charge in [-0.3, -0.25) is 0 Å². The van der Waals surface area contributed by atoms with Gasteiger partial charge in [-0.25, -0.2) is 9.59 Å². The van der Waals surface area contributed by atoms with E-state index in [1.54, 1.807) is 43.5 Å². The Kier molecular flexibility index (Phi) is 6.31. The molecule has 0 N–H and O–H groups in total. The lowest BCUT2D eigenvalue weighted by molar-refractivity contribution is -0.138. The Morgan fingerprint density at radius 1 is 1.03 bits per heavy atom. The molecule has 0 saturated heterocycles. The van der Waals surface area contributed by atoms with Crippen LogP contribution in [-0.2, 0) is 14.3 Å². The maximum Gasteiger partial charge on any atom is 0.338 e. The third kappa shape index (κ3) is 5.04. The van der Waals surface area contributed by atoms with Crippen molar-refractivity contribution in [1.82, 2.24) is 20.2 Å². The number of ether oxygens (including phenoxy) is 3. The number of tetrazole rings is 1. The number of carbonyl (C=O) groups excluding carboxylic acids is 2. The van der Waals surface area contributed by atoms with E-state index in [0.717, 1.165) is 17.5 Å². The van der Waals surface area contributed by atoms with E-state index in [1.165, 1.54) is 4.80 Å². The molecule has 0 unspecified atom stereocenters. The Hall–Kier alpha value is -4.01. The molecular formula is C20H18N4O5. The number of methoxy groups -OCH3 is 1. The maximum absolute atomic E-state index is 12.0. The Balaban J connectivity index is 1.61. The summed E-state index contributed by atoms with van der Waals surface area (Å²) >= 11 is 0. The number of hydrogen-bond acceptors (Lipinski definition) is 8. The first-order chi connectivity index (χ1) is 14.1. The second-order valence-corrected chi connectivity index (χ2v) is 5.69. The number of carbonyl (C=O) groups is 2. The van der Waals surface area contributed by atoms with Gasteiger partial charge in [-0.2, -0.15) is 0 Å². The fourth-order valence-corrected chi connectivity index (χ4v) is 2.33. The smallest absolute Gasteiger partial charge is 0.338 e. The van der Waals surface area contributed by atoms with Crippen molar-refractivity contribution < 1.29 is 23.8 Å². The van der Waals surface area contributed by atoms with Gasteiger partial charge in [-0.15, -0.1) is 15.0 Å². The molecule has 0 aliphatic heterocycles. The molecule has 1 aromatic heterocycles. The van der Waals surface area contributed by atoms with Crippen LogP contribution in [0.25, 0.3) is 17.1 Å². The van der Waals surface area contributed by atoms with Crippen molar-refractivity contribution in [2.24, 2.45) is 0 Å². The van der Waals surface area contributed by atoms with E-state index >= 15 is 0 Å². The zero-order valence-electron chi connectivity index (χ0n) is 15.6. The van der Waals surface area contributed by atoms with Gasteiger partial charge in [-0.1, -0.05) is 18.7 Å². The number of rotatable bonds is 8. The van der Waals surface area contributed by atoms with E-state index in [1.807, 2.05) is 12.1 Å². The Morgan fingerprint density at radius 3 is 2.38 bits per heavy atom. The minimum Gasteiger partial charge on any atom is -0.497 e. The number of hydrogen-bond donors (Lipinski definition) is 0. The van der Waals surface area contributed by atoms with Crippen molar-refractivity contribution in [3.05, 3.63) is 66.7 Å². The average Bonchev–Trinajstić information content (AvgIpc) is 3.27. The average molecular weight is 394 g/mol. The predicted octanol–water partition coefficient (Wildman–Crippen LogP) is 2.22. The second-order valence-electron chi connectivity index (χ2n) is 5.69. The van der Waals surface area contributed by atoms with Crippen molar-refractivity contribution in [3.63, 3.8) is 0 Å². The molecule has 0 spiro atoms. The summed E-state index contributed by atoms with van der Waals surface area (Å²) in [6.45, 7) is 3.20. The first-order valence-electron chi connectivity index (χ1n) is 8.62. The topological polar surface area (TPSA) is 105 Å². The summed E-state index contributed by atoms with van der Waals surface area (Å²) in [6.07, 6.45) is 1.04. The van der Waals surface area contributed by atoms with E-state index in [-0.39, 0.29) is 13.2 Å². The highest BCUT2D eigenvalue weighted by Gasteiger charge is 2.11. The summed E-state index contributed by atoms with van der Waals surface area (Å²) in [7, 11) is 1.60. The zero-order chi connectivity index (χ0) is 20.6. The summed E-state index contributed by atoms with van der Waals surface area (Å²) in [5.41, 5.74) is 1.79. The van der Waals surface area contributed by atoms with Gasteiger partial charge in [0.2, 0.25) is 5.82 Å². The van der Waals surface area contributed by atoms with E-state index in [0.29, 0.717) is 17.0 Å². The molecule has 0 aliphatic carbocycles. The highest BCUT2D eigenvalue weighted by atomic mass is 16.6. The molecule has 148 valence electrons. The van der Waals surface area contributed by atoms with Gasteiger partial charge < -0.3 is 14.2 Å². The van der Waals surface area contributed by atoms with Crippen LogP contribution in [-0.4, -0.2) is 52.5 Å². The minimum absolute atomic E-state index is 0.0347. The monoisotopic (exact) mass is 394 g/mol. The third-order valence-electron chi connectivity index (χ3n) is 3.82. The summed E-state index contributed by atoms with van der Waals surface area (Å²) in [6, 6.07) is 13.8. The Labute approximate surface area is 166 Å². The van der Waals surface area contributed by atoms with Crippen LogP contribution < -0.4 is 4.74 Å². The molecule has 0 atom stereocenters. The van der Waals surface area contributed by atoms with Gasteiger partial charge in [0.1, 0.15) is 19.0 Å². The van der Waals surface area contributed by atoms with Gasteiger partial charge in [0, 0.05) is 11.6 Å². The molecule has 3 aromatic rings. The van der Waals surface area contributed by atoms with Crippen LogP contribution >= 0.6 is 0 Å². The van der Waals surface area contributed by atoms with Crippen LogP contribution in [0.3, 0.4) is 0 Å². The summed E-state index contributed by atoms with van der Waals surface area (Å²) < 4.78 is 14.9. The Morgan fingerprint density at radius 2 is 1.72 bits per heavy atom. The van der Waals surface area contributed by atoms with Crippen LogP contribution in [0.5, 0.6) is 5.75 Å². The number of esters is 2. The fourth-order valence-electron chi connectivity index (χ4n) is 2.33. The molecule has 0 bridgehead atoms. The molecule has 9 heteroatoms. The van der Waals surface area contributed by atoms with Crippen LogP contribution in [0.1, 0.15) is 10.4 Å². The lowest BCUT2D eigenvalue weighted by Gasteiger charge is -2.05.